The maximum atomic E-state index is 12.8. The summed E-state index contributed by atoms with van der Waals surface area (Å²) in [7, 11) is -3.06. The molecule has 0 N–H and O–H groups in total. The van der Waals surface area contributed by atoms with E-state index in [1.165, 1.54) is 41.1 Å². The number of hydrogen-bond donors (Lipinski definition) is 0. The SMILES string of the molecule is Cc1nn(C2CCS(=O)(=O)C2)c(Cl)c1/C=C/C(=O)OCCCOc1ccc(F)cc1. The molecule has 1 aliphatic rings. The van der Waals surface area contributed by atoms with E-state index in [0.29, 0.717) is 41.6 Å². The summed E-state index contributed by atoms with van der Waals surface area (Å²) in [5.74, 6) is -0.200. The van der Waals surface area contributed by atoms with Gasteiger partial charge in [-0.3, -0.25) is 0 Å². The second-order valence-corrected chi connectivity index (χ2v) is 9.53. The van der Waals surface area contributed by atoms with E-state index in [2.05, 4.69) is 5.10 Å². The predicted octanol–water partition coefficient (Wildman–Crippen LogP) is 3.37. The van der Waals surface area contributed by atoms with E-state index < -0.39 is 15.8 Å². The largest absolute Gasteiger partial charge is 0.493 e. The number of aryl methyl sites for hydroxylation is 1. The quantitative estimate of drug-likeness (QED) is 0.344. The number of hydrogen-bond acceptors (Lipinski definition) is 6. The van der Waals surface area contributed by atoms with Crippen LogP contribution in [0.1, 0.15) is 30.1 Å². The van der Waals surface area contributed by atoms with Gasteiger partial charge in [-0.05, 0) is 43.7 Å². The van der Waals surface area contributed by atoms with Gasteiger partial charge in [0.05, 0.1) is 36.5 Å². The Bertz CT molecular complexity index is 1030. The van der Waals surface area contributed by atoms with Crippen LogP contribution in [-0.4, -0.2) is 48.9 Å². The summed E-state index contributed by atoms with van der Waals surface area (Å²) in [5, 5.41) is 4.63. The first-order valence-electron chi connectivity index (χ1n) is 9.43. The highest BCUT2D eigenvalue weighted by atomic mass is 35.5. The highest BCUT2D eigenvalue weighted by Gasteiger charge is 2.31. The molecule has 0 saturated carbocycles. The van der Waals surface area contributed by atoms with Crippen molar-refractivity contribution in [1.29, 1.82) is 0 Å². The Morgan fingerprint density at radius 3 is 2.73 bits per heavy atom. The van der Waals surface area contributed by atoms with Crippen molar-refractivity contribution in [3.8, 4) is 5.75 Å². The van der Waals surface area contributed by atoms with Crippen molar-refractivity contribution >= 4 is 33.5 Å². The molecule has 1 atom stereocenters. The lowest BCUT2D eigenvalue weighted by atomic mass is 10.2. The zero-order valence-corrected chi connectivity index (χ0v) is 18.0. The Morgan fingerprint density at radius 1 is 1.33 bits per heavy atom. The van der Waals surface area contributed by atoms with E-state index >= 15 is 0 Å². The topological polar surface area (TPSA) is 87.5 Å². The van der Waals surface area contributed by atoms with E-state index in [4.69, 9.17) is 21.1 Å². The van der Waals surface area contributed by atoms with Gasteiger partial charge in [0.2, 0.25) is 0 Å². The molecule has 10 heteroatoms. The standard InChI is InChI=1S/C20H22ClFN2O5S/c1-14-18(20(21)24(23-14)16-9-12-30(26,27)13-16)7-8-19(25)29-11-2-10-28-17-5-3-15(22)4-6-17/h3-8,16H,2,9-13H2,1H3/b8-7+. The van der Waals surface area contributed by atoms with Crippen LogP contribution in [0, 0.1) is 12.7 Å². The molecule has 0 radical (unpaired) electrons. The van der Waals surface area contributed by atoms with Crippen LogP contribution in [0.5, 0.6) is 5.75 Å². The van der Waals surface area contributed by atoms with Crippen molar-refractivity contribution in [2.24, 2.45) is 0 Å². The molecule has 162 valence electrons. The van der Waals surface area contributed by atoms with Crippen LogP contribution in [0.3, 0.4) is 0 Å². The minimum Gasteiger partial charge on any atom is -0.493 e. The first kappa shape index (κ1) is 22.3. The Kier molecular flexibility index (Phi) is 7.14. The Labute approximate surface area is 179 Å². The molecule has 1 aromatic heterocycles. The smallest absolute Gasteiger partial charge is 0.330 e. The van der Waals surface area contributed by atoms with Gasteiger partial charge in [0.25, 0.3) is 0 Å². The summed E-state index contributed by atoms with van der Waals surface area (Å²) in [4.78, 5) is 11.9. The monoisotopic (exact) mass is 456 g/mol. The van der Waals surface area contributed by atoms with E-state index in [0.717, 1.165) is 0 Å². The average Bonchev–Trinajstić information content (AvgIpc) is 3.19. The summed E-state index contributed by atoms with van der Waals surface area (Å²) in [5.41, 5.74) is 1.15. The number of benzene rings is 1. The number of carbonyl (C=O) groups excluding carboxylic acids is 1. The first-order valence-corrected chi connectivity index (χ1v) is 11.6. The molecule has 0 aliphatic carbocycles. The second kappa shape index (κ2) is 9.61. The molecule has 1 aromatic carbocycles. The van der Waals surface area contributed by atoms with Crippen molar-refractivity contribution in [2.75, 3.05) is 24.7 Å². The van der Waals surface area contributed by atoms with Gasteiger partial charge in [0.15, 0.2) is 9.84 Å². The molecule has 0 bridgehead atoms. The molecule has 7 nitrogen and oxygen atoms in total. The Morgan fingerprint density at radius 2 is 2.07 bits per heavy atom. The van der Waals surface area contributed by atoms with Crippen LogP contribution in [0.15, 0.2) is 30.3 Å². The molecular weight excluding hydrogens is 435 g/mol. The van der Waals surface area contributed by atoms with Gasteiger partial charge in [-0.1, -0.05) is 11.6 Å². The normalized spacial score (nSPS) is 18.0. The van der Waals surface area contributed by atoms with Gasteiger partial charge in [-0.2, -0.15) is 5.10 Å². The predicted molar refractivity (Wildman–Crippen MR) is 111 cm³/mol. The maximum Gasteiger partial charge on any atom is 0.330 e. The molecule has 3 rings (SSSR count). The molecule has 2 heterocycles. The van der Waals surface area contributed by atoms with Crippen molar-refractivity contribution < 1.29 is 27.1 Å². The van der Waals surface area contributed by atoms with Crippen molar-refractivity contribution in [3.63, 3.8) is 0 Å². The highest BCUT2D eigenvalue weighted by molar-refractivity contribution is 7.91. The van der Waals surface area contributed by atoms with Crippen LogP contribution < -0.4 is 4.74 Å². The maximum absolute atomic E-state index is 12.8. The molecule has 1 unspecified atom stereocenters. The number of carbonyl (C=O) groups is 1. The summed E-state index contributed by atoms with van der Waals surface area (Å²) < 4.78 is 48.3. The minimum absolute atomic E-state index is 0.0129. The second-order valence-electron chi connectivity index (χ2n) is 6.95. The fourth-order valence-electron chi connectivity index (χ4n) is 3.08. The molecule has 0 amide bonds. The van der Waals surface area contributed by atoms with Crippen LogP contribution in [0.25, 0.3) is 6.08 Å². The molecular formula is C20H22ClFN2O5S. The molecule has 1 fully saturated rings. The fraction of sp³-hybridized carbons (Fsp3) is 0.400. The lowest BCUT2D eigenvalue weighted by Gasteiger charge is -2.09. The lowest BCUT2D eigenvalue weighted by molar-refractivity contribution is -0.137. The number of ether oxygens (including phenoxy) is 2. The van der Waals surface area contributed by atoms with E-state index in [1.54, 1.807) is 6.92 Å². The number of esters is 1. The zero-order valence-electron chi connectivity index (χ0n) is 16.4. The van der Waals surface area contributed by atoms with Gasteiger partial charge in [-0.25, -0.2) is 22.3 Å². The fourth-order valence-corrected chi connectivity index (χ4v) is 5.15. The molecule has 2 aromatic rings. The van der Waals surface area contributed by atoms with Gasteiger partial charge < -0.3 is 9.47 Å². The average molecular weight is 457 g/mol. The summed E-state index contributed by atoms with van der Waals surface area (Å²) in [6.45, 7) is 2.23. The number of rotatable bonds is 8. The van der Waals surface area contributed by atoms with Crippen molar-refractivity contribution in [2.45, 2.75) is 25.8 Å². The molecule has 30 heavy (non-hydrogen) atoms. The van der Waals surface area contributed by atoms with Crippen LogP contribution in [0.4, 0.5) is 4.39 Å². The number of halogens is 2. The van der Waals surface area contributed by atoms with E-state index in [9.17, 15) is 17.6 Å². The summed E-state index contributed by atoms with van der Waals surface area (Å²) in [6.07, 6.45) is 3.72. The lowest BCUT2D eigenvalue weighted by Crippen LogP contribution is -2.12. The number of aromatic nitrogens is 2. The minimum atomic E-state index is -3.06. The van der Waals surface area contributed by atoms with E-state index in [1.807, 2.05) is 0 Å². The first-order chi connectivity index (χ1) is 14.2. The molecule has 1 saturated heterocycles. The third kappa shape index (κ3) is 5.82. The van der Waals surface area contributed by atoms with Crippen LogP contribution in [-0.2, 0) is 19.4 Å². The third-order valence-electron chi connectivity index (χ3n) is 4.63. The summed E-state index contributed by atoms with van der Waals surface area (Å²) in [6, 6.07) is 5.37. The van der Waals surface area contributed by atoms with Crippen molar-refractivity contribution in [3.05, 3.63) is 52.6 Å². The number of nitrogens with zero attached hydrogens (tertiary/aromatic N) is 2. The van der Waals surface area contributed by atoms with E-state index in [-0.39, 0.29) is 30.0 Å². The van der Waals surface area contributed by atoms with Crippen molar-refractivity contribution in [1.82, 2.24) is 9.78 Å². The molecule has 0 spiro atoms. The third-order valence-corrected chi connectivity index (χ3v) is 6.75. The molecule has 1 aliphatic heterocycles. The zero-order chi connectivity index (χ0) is 21.7. The van der Waals surface area contributed by atoms with Gasteiger partial charge in [0, 0.05) is 18.1 Å². The Balaban J connectivity index is 1.47. The van der Waals surface area contributed by atoms with Crippen LogP contribution in [0.2, 0.25) is 5.15 Å². The Hall–Kier alpha value is -2.39. The van der Waals surface area contributed by atoms with Gasteiger partial charge >= 0.3 is 5.97 Å². The van der Waals surface area contributed by atoms with Gasteiger partial charge in [0.1, 0.15) is 16.7 Å². The van der Waals surface area contributed by atoms with Crippen LogP contribution >= 0.6 is 11.6 Å². The number of sulfone groups is 1. The highest BCUT2D eigenvalue weighted by Crippen LogP contribution is 2.30. The summed E-state index contributed by atoms with van der Waals surface area (Å²) >= 11 is 6.36. The van der Waals surface area contributed by atoms with Gasteiger partial charge in [-0.15, -0.1) is 0 Å².